The van der Waals surface area contributed by atoms with Crippen molar-refractivity contribution in [3.05, 3.63) is 116 Å². The molecule has 1 aromatic heterocycles. The summed E-state index contributed by atoms with van der Waals surface area (Å²) in [4.78, 5) is 39.6. The van der Waals surface area contributed by atoms with Gasteiger partial charge in [-0.2, -0.15) is 0 Å². The average molecular weight is 432 g/mol. The Hall–Kier alpha value is -3.70. The molecule has 0 saturated heterocycles. The molecule has 0 aliphatic carbocycles. The molecule has 0 fully saturated rings. The van der Waals surface area contributed by atoms with Gasteiger partial charge < -0.3 is 9.30 Å². The highest BCUT2D eigenvalue weighted by Gasteiger charge is 2.27. The fraction of sp³-hybridized carbons (Fsp3) is 0.0800. The van der Waals surface area contributed by atoms with Crippen LogP contribution in [0.1, 0.15) is 31.8 Å². The highest BCUT2D eigenvalue weighted by atomic mass is 35.5. The van der Waals surface area contributed by atoms with Gasteiger partial charge in [0.15, 0.2) is 5.78 Å². The maximum absolute atomic E-state index is 13.5. The number of esters is 1. The molecule has 4 aromatic rings. The topological polar surface area (TPSA) is 65.4 Å². The largest absolute Gasteiger partial charge is 0.465 e. The van der Waals surface area contributed by atoms with E-state index < -0.39 is 17.3 Å². The Morgan fingerprint density at radius 1 is 0.871 bits per heavy atom. The number of ketones is 1. The number of carbonyl (C=O) groups is 2. The minimum absolute atomic E-state index is 0.0269. The van der Waals surface area contributed by atoms with E-state index in [1.807, 2.05) is 30.3 Å². The van der Waals surface area contributed by atoms with Crippen LogP contribution in [0.4, 0.5) is 0 Å². The molecule has 0 amide bonds. The Morgan fingerprint density at radius 2 is 1.52 bits per heavy atom. The number of rotatable bonds is 5. The van der Waals surface area contributed by atoms with Gasteiger partial charge in [0.1, 0.15) is 5.56 Å². The zero-order valence-corrected chi connectivity index (χ0v) is 17.4. The number of fused-ring (bicyclic) bond motifs is 1. The molecule has 154 valence electrons. The van der Waals surface area contributed by atoms with Gasteiger partial charge in [0.25, 0.3) is 5.56 Å². The summed E-state index contributed by atoms with van der Waals surface area (Å²) in [6.45, 7) is 0.250. The summed E-state index contributed by atoms with van der Waals surface area (Å²) in [7, 11) is 1.19. The van der Waals surface area contributed by atoms with Gasteiger partial charge in [0.05, 0.1) is 24.7 Å². The van der Waals surface area contributed by atoms with E-state index in [9.17, 15) is 14.4 Å². The van der Waals surface area contributed by atoms with Crippen molar-refractivity contribution in [3.8, 4) is 0 Å². The average Bonchev–Trinajstić information content (AvgIpc) is 2.80. The van der Waals surface area contributed by atoms with Crippen LogP contribution < -0.4 is 5.56 Å². The number of hydrogen-bond acceptors (Lipinski definition) is 4. The molecule has 0 unspecified atom stereocenters. The van der Waals surface area contributed by atoms with Crippen LogP contribution in [0.5, 0.6) is 0 Å². The van der Waals surface area contributed by atoms with Crippen LogP contribution >= 0.6 is 11.6 Å². The molecule has 3 aromatic carbocycles. The molecular formula is C25H18ClNO4. The number of carbonyl (C=O) groups excluding carboxylic acids is 2. The van der Waals surface area contributed by atoms with Crippen LogP contribution in [0.25, 0.3) is 10.9 Å². The van der Waals surface area contributed by atoms with Crippen LogP contribution in [0, 0.1) is 0 Å². The maximum atomic E-state index is 13.5. The van der Waals surface area contributed by atoms with E-state index in [-0.39, 0.29) is 17.7 Å². The van der Waals surface area contributed by atoms with E-state index in [2.05, 4.69) is 0 Å². The third kappa shape index (κ3) is 3.88. The smallest absolute Gasteiger partial charge is 0.344 e. The van der Waals surface area contributed by atoms with Crippen molar-refractivity contribution < 1.29 is 14.3 Å². The summed E-state index contributed by atoms with van der Waals surface area (Å²) in [5.74, 6) is -1.30. The first-order valence-corrected chi connectivity index (χ1v) is 9.97. The van der Waals surface area contributed by atoms with Crippen LogP contribution in [0.3, 0.4) is 0 Å². The van der Waals surface area contributed by atoms with E-state index in [4.69, 9.17) is 16.3 Å². The highest BCUT2D eigenvalue weighted by Crippen LogP contribution is 2.25. The first kappa shape index (κ1) is 20.6. The quantitative estimate of drug-likeness (QED) is 0.339. The van der Waals surface area contributed by atoms with Crippen molar-refractivity contribution in [2.45, 2.75) is 6.54 Å². The zero-order valence-electron chi connectivity index (χ0n) is 16.7. The molecule has 31 heavy (non-hydrogen) atoms. The molecule has 0 aliphatic rings. The number of benzene rings is 3. The van der Waals surface area contributed by atoms with Gasteiger partial charge in [0, 0.05) is 16.0 Å². The Morgan fingerprint density at radius 3 is 2.19 bits per heavy atom. The second kappa shape index (κ2) is 8.58. The monoisotopic (exact) mass is 431 g/mol. The molecule has 1 heterocycles. The summed E-state index contributed by atoms with van der Waals surface area (Å²) < 4.78 is 6.39. The molecule has 0 aliphatic heterocycles. The van der Waals surface area contributed by atoms with Crippen LogP contribution in [-0.4, -0.2) is 23.4 Å². The van der Waals surface area contributed by atoms with Crippen LogP contribution in [0.15, 0.2) is 83.7 Å². The lowest BCUT2D eigenvalue weighted by Gasteiger charge is -2.17. The lowest BCUT2D eigenvalue weighted by Crippen LogP contribution is -2.31. The standard InChI is InChI=1S/C25H18ClNO4/c1-31-25(30)22-21(23(28)17-11-13-18(26)14-12-17)19-9-5-6-10-20(19)27(24(22)29)15-16-7-3-2-4-8-16/h2-14H,15H2,1H3. The number of hydrogen-bond donors (Lipinski definition) is 0. The summed E-state index contributed by atoms with van der Waals surface area (Å²) in [5.41, 5.74) is 0.937. The van der Waals surface area contributed by atoms with Gasteiger partial charge >= 0.3 is 5.97 Å². The first-order chi connectivity index (χ1) is 15.0. The molecule has 4 rings (SSSR count). The van der Waals surface area contributed by atoms with Crippen molar-refractivity contribution in [3.63, 3.8) is 0 Å². The van der Waals surface area contributed by atoms with E-state index in [0.29, 0.717) is 21.5 Å². The van der Waals surface area contributed by atoms with Gasteiger partial charge in [-0.3, -0.25) is 9.59 Å². The number of halogens is 1. The summed E-state index contributed by atoms with van der Waals surface area (Å²) >= 11 is 5.95. The van der Waals surface area contributed by atoms with Gasteiger partial charge in [-0.05, 0) is 35.9 Å². The lowest BCUT2D eigenvalue weighted by atomic mass is 9.94. The van der Waals surface area contributed by atoms with E-state index in [1.165, 1.54) is 11.7 Å². The molecule has 5 nitrogen and oxygen atoms in total. The van der Waals surface area contributed by atoms with E-state index in [0.717, 1.165) is 5.56 Å². The molecule has 0 bridgehead atoms. The first-order valence-electron chi connectivity index (χ1n) is 9.59. The number of nitrogens with zero attached hydrogens (tertiary/aromatic N) is 1. The zero-order chi connectivity index (χ0) is 22.0. The van der Waals surface area contributed by atoms with Crippen molar-refractivity contribution >= 4 is 34.3 Å². The minimum Gasteiger partial charge on any atom is -0.465 e. The van der Waals surface area contributed by atoms with Crippen molar-refractivity contribution in [1.29, 1.82) is 0 Å². The van der Waals surface area contributed by atoms with E-state index >= 15 is 0 Å². The Balaban J connectivity index is 2.03. The summed E-state index contributed by atoms with van der Waals surface area (Å²) in [6, 6.07) is 22.8. The molecule has 0 N–H and O–H groups in total. The Labute approximate surface area is 183 Å². The fourth-order valence-electron chi connectivity index (χ4n) is 3.60. The molecule has 0 atom stereocenters. The second-order valence-electron chi connectivity index (χ2n) is 6.97. The Bertz CT molecular complexity index is 1340. The van der Waals surface area contributed by atoms with Crippen molar-refractivity contribution in [2.24, 2.45) is 0 Å². The fourth-order valence-corrected chi connectivity index (χ4v) is 3.73. The minimum atomic E-state index is -0.852. The molecular weight excluding hydrogens is 414 g/mol. The van der Waals surface area contributed by atoms with Crippen molar-refractivity contribution in [1.82, 2.24) is 4.57 Å². The van der Waals surface area contributed by atoms with Gasteiger partial charge in [-0.1, -0.05) is 60.1 Å². The molecule has 0 radical (unpaired) electrons. The summed E-state index contributed by atoms with van der Waals surface area (Å²) in [5, 5.41) is 0.978. The third-order valence-electron chi connectivity index (χ3n) is 5.08. The Kier molecular flexibility index (Phi) is 5.69. The van der Waals surface area contributed by atoms with Crippen molar-refractivity contribution in [2.75, 3.05) is 7.11 Å². The maximum Gasteiger partial charge on any atom is 0.344 e. The molecule has 0 saturated carbocycles. The van der Waals surface area contributed by atoms with Gasteiger partial charge in [-0.15, -0.1) is 0 Å². The van der Waals surface area contributed by atoms with Crippen LogP contribution in [0.2, 0.25) is 5.02 Å². The molecule has 0 spiro atoms. The number of methoxy groups -OCH3 is 1. The normalized spacial score (nSPS) is 10.8. The third-order valence-corrected chi connectivity index (χ3v) is 5.33. The van der Waals surface area contributed by atoms with Crippen LogP contribution in [-0.2, 0) is 11.3 Å². The lowest BCUT2D eigenvalue weighted by molar-refractivity contribution is 0.0595. The van der Waals surface area contributed by atoms with Gasteiger partial charge in [0.2, 0.25) is 0 Å². The second-order valence-corrected chi connectivity index (χ2v) is 7.41. The number of para-hydroxylation sites is 1. The predicted molar refractivity (Wildman–Crippen MR) is 120 cm³/mol. The SMILES string of the molecule is COC(=O)c1c(C(=O)c2ccc(Cl)cc2)c2ccccc2n(Cc2ccccc2)c1=O. The highest BCUT2D eigenvalue weighted by molar-refractivity contribution is 6.30. The predicted octanol–water partition coefficient (Wildman–Crippen LogP) is 4.72. The number of pyridine rings is 1. The summed E-state index contributed by atoms with van der Waals surface area (Å²) in [6.07, 6.45) is 0. The molecule has 6 heteroatoms. The van der Waals surface area contributed by atoms with E-state index in [1.54, 1.807) is 48.5 Å². The number of aromatic nitrogens is 1. The number of ether oxygens (including phenoxy) is 1. The van der Waals surface area contributed by atoms with Gasteiger partial charge in [-0.25, -0.2) is 4.79 Å².